The average molecular weight is 364 g/mol. The van der Waals surface area contributed by atoms with Crippen molar-refractivity contribution in [3.8, 4) is 6.07 Å². The van der Waals surface area contributed by atoms with Crippen LogP contribution in [0.2, 0.25) is 0 Å². The van der Waals surface area contributed by atoms with Gasteiger partial charge in [0.15, 0.2) is 23.6 Å². The van der Waals surface area contributed by atoms with Crippen molar-refractivity contribution in [2.45, 2.75) is 13.0 Å². The highest BCUT2D eigenvalue weighted by Gasteiger charge is 2.23. The molecule has 6 nitrogen and oxygen atoms in total. The number of ether oxygens (including phenoxy) is 1. The van der Waals surface area contributed by atoms with E-state index in [1.54, 1.807) is 12.1 Å². The van der Waals surface area contributed by atoms with Crippen LogP contribution in [0.4, 0.5) is 18.9 Å². The maximum absolute atomic E-state index is 13.5. The molecule has 1 aromatic heterocycles. The Morgan fingerprint density at radius 3 is 2.62 bits per heavy atom. The molecule has 2 rings (SSSR count). The largest absolute Gasteiger partial charge is 0.465 e. The molecule has 0 fully saturated rings. The molecule has 0 aliphatic heterocycles. The van der Waals surface area contributed by atoms with Crippen LogP contribution in [0.15, 0.2) is 40.5 Å². The molecule has 1 N–H and O–H groups in total. The highest BCUT2D eigenvalue weighted by Crippen LogP contribution is 2.20. The monoisotopic (exact) mass is 364 g/mol. The normalized spacial score (nSPS) is 12.2. The first-order valence-electron chi connectivity index (χ1n) is 7.14. The molecular weight excluding hydrogens is 353 g/mol. The summed E-state index contributed by atoms with van der Waals surface area (Å²) in [5.41, 5.74) is -1.05. The van der Waals surface area contributed by atoms with E-state index in [9.17, 15) is 22.8 Å². The van der Waals surface area contributed by atoms with E-state index >= 15 is 0 Å². The number of halogens is 3. The summed E-state index contributed by atoms with van der Waals surface area (Å²) in [7, 11) is 0. The Morgan fingerprint density at radius 1 is 1.27 bits per heavy atom. The highest BCUT2D eigenvalue weighted by molar-refractivity contribution is 6.00. The molecule has 1 atom stereocenters. The van der Waals surface area contributed by atoms with Gasteiger partial charge in [0.25, 0.3) is 5.91 Å². The fraction of sp³-hybridized carbons (Fsp3) is 0.118. The summed E-state index contributed by atoms with van der Waals surface area (Å²) in [6.07, 6.45) is 1.00. The summed E-state index contributed by atoms with van der Waals surface area (Å²) < 4.78 is 49.3. The Balaban J connectivity index is 2.06. The second-order valence-electron chi connectivity index (χ2n) is 4.94. The van der Waals surface area contributed by atoms with E-state index in [0.29, 0.717) is 6.07 Å². The van der Waals surface area contributed by atoms with Crippen molar-refractivity contribution >= 4 is 23.6 Å². The fourth-order valence-electron chi connectivity index (χ4n) is 1.79. The summed E-state index contributed by atoms with van der Waals surface area (Å²) in [5.74, 6) is -6.65. The number of amides is 1. The number of carbonyl (C=O) groups excluding carboxylic acids is 2. The lowest BCUT2D eigenvalue weighted by atomic mass is 10.2. The maximum Gasteiger partial charge on any atom is 0.349 e. The number of anilines is 1. The summed E-state index contributed by atoms with van der Waals surface area (Å²) >= 11 is 0. The van der Waals surface area contributed by atoms with Crippen LogP contribution in [0.3, 0.4) is 0 Å². The molecule has 0 unspecified atom stereocenters. The molecule has 0 radical (unpaired) electrons. The number of nitrogens with zero attached hydrogens (tertiary/aromatic N) is 1. The number of hydrogen-bond donors (Lipinski definition) is 1. The SMILES string of the molecule is C[C@@H](OC(=O)/C(C#N)=C/c1ccco1)C(=O)Nc1ccc(F)c(F)c1F. The van der Waals surface area contributed by atoms with Gasteiger partial charge in [-0.15, -0.1) is 0 Å². The lowest BCUT2D eigenvalue weighted by molar-refractivity contribution is -0.148. The van der Waals surface area contributed by atoms with Gasteiger partial charge in [-0.25, -0.2) is 18.0 Å². The lowest BCUT2D eigenvalue weighted by Crippen LogP contribution is -2.30. The quantitative estimate of drug-likeness (QED) is 0.381. The highest BCUT2D eigenvalue weighted by atomic mass is 19.2. The zero-order valence-electron chi connectivity index (χ0n) is 13.3. The van der Waals surface area contributed by atoms with Gasteiger partial charge >= 0.3 is 5.97 Å². The minimum atomic E-state index is -1.75. The third kappa shape index (κ3) is 4.30. The van der Waals surface area contributed by atoms with Crippen molar-refractivity contribution < 1.29 is 31.9 Å². The van der Waals surface area contributed by atoms with Crippen molar-refractivity contribution in [1.82, 2.24) is 0 Å². The van der Waals surface area contributed by atoms with Gasteiger partial charge in [-0.1, -0.05) is 0 Å². The number of esters is 1. The van der Waals surface area contributed by atoms with E-state index in [1.165, 1.54) is 12.3 Å². The van der Waals surface area contributed by atoms with Gasteiger partial charge in [0.1, 0.15) is 17.4 Å². The smallest absolute Gasteiger partial charge is 0.349 e. The molecule has 134 valence electrons. The van der Waals surface area contributed by atoms with Gasteiger partial charge in [0, 0.05) is 6.08 Å². The summed E-state index contributed by atoms with van der Waals surface area (Å²) in [4.78, 5) is 23.8. The van der Waals surface area contributed by atoms with Gasteiger partial charge < -0.3 is 14.5 Å². The molecule has 9 heteroatoms. The van der Waals surface area contributed by atoms with Crippen LogP contribution in [-0.2, 0) is 14.3 Å². The number of nitrogens with one attached hydrogen (secondary N) is 1. The van der Waals surface area contributed by atoms with E-state index < -0.39 is 46.7 Å². The van der Waals surface area contributed by atoms with Gasteiger partial charge in [0.2, 0.25) is 0 Å². The van der Waals surface area contributed by atoms with Crippen molar-refractivity contribution in [3.05, 3.63) is 59.3 Å². The maximum atomic E-state index is 13.5. The third-order valence-electron chi connectivity index (χ3n) is 3.12. The number of furan rings is 1. The van der Waals surface area contributed by atoms with Crippen LogP contribution >= 0.6 is 0 Å². The third-order valence-corrected chi connectivity index (χ3v) is 3.12. The number of nitriles is 1. The second kappa shape index (κ2) is 8.02. The minimum absolute atomic E-state index is 0.222. The number of hydrogen-bond acceptors (Lipinski definition) is 5. The molecule has 0 aliphatic carbocycles. The van der Waals surface area contributed by atoms with Crippen molar-refractivity contribution in [2.24, 2.45) is 0 Å². The predicted octanol–water partition coefficient (Wildman–Crippen LogP) is 3.17. The van der Waals surface area contributed by atoms with Gasteiger partial charge in [-0.05, 0) is 31.2 Å². The molecule has 0 saturated carbocycles. The van der Waals surface area contributed by atoms with E-state index in [4.69, 9.17) is 14.4 Å². The lowest BCUT2D eigenvalue weighted by Gasteiger charge is -2.13. The van der Waals surface area contributed by atoms with Crippen molar-refractivity contribution in [1.29, 1.82) is 5.26 Å². The van der Waals surface area contributed by atoms with Crippen LogP contribution in [0.25, 0.3) is 6.08 Å². The van der Waals surface area contributed by atoms with Crippen LogP contribution in [-0.4, -0.2) is 18.0 Å². The fourth-order valence-corrected chi connectivity index (χ4v) is 1.79. The van der Waals surface area contributed by atoms with Crippen molar-refractivity contribution in [2.75, 3.05) is 5.32 Å². The second-order valence-corrected chi connectivity index (χ2v) is 4.94. The van der Waals surface area contributed by atoms with E-state index in [2.05, 4.69) is 0 Å². The number of benzene rings is 1. The molecule has 1 heterocycles. The molecule has 1 amide bonds. The molecule has 2 aromatic rings. The minimum Gasteiger partial charge on any atom is -0.465 e. The standard InChI is InChI=1S/C17H11F3N2O4/c1-9(16(23)22-13-5-4-12(18)14(19)15(13)20)26-17(24)10(8-21)7-11-3-2-6-25-11/h2-7,9H,1H3,(H,22,23)/b10-7+/t9-/m1/s1. The summed E-state index contributed by atoms with van der Waals surface area (Å²) in [6, 6.07) is 6.08. The topological polar surface area (TPSA) is 92.3 Å². The molecule has 0 bridgehead atoms. The Hall–Kier alpha value is -3.54. The predicted molar refractivity (Wildman–Crippen MR) is 82.8 cm³/mol. The molecule has 26 heavy (non-hydrogen) atoms. The molecule has 0 aliphatic rings. The number of carbonyl (C=O) groups is 2. The average Bonchev–Trinajstić information content (AvgIpc) is 3.13. The Bertz CT molecular complexity index is 901. The molecule has 0 spiro atoms. The Kier molecular flexibility index (Phi) is 5.80. The van der Waals surface area contributed by atoms with Crippen LogP contribution < -0.4 is 5.32 Å². The number of rotatable bonds is 5. The van der Waals surface area contributed by atoms with Crippen LogP contribution in [0.1, 0.15) is 12.7 Å². The van der Waals surface area contributed by atoms with Gasteiger partial charge in [-0.2, -0.15) is 5.26 Å². The van der Waals surface area contributed by atoms with Crippen molar-refractivity contribution in [3.63, 3.8) is 0 Å². The Labute approximate surface area is 145 Å². The van der Waals surface area contributed by atoms with E-state index in [-0.39, 0.29) is 5.76 Å². The van der Waals surface area contributed by atoms with Gasteiger partial charge in [0.05, 0.1) is 12.0 Å². The van der Waals surface area contributed by atoms with Crippen LogP contribution in [0, 0.1) is 28.8 Å². The van der Waals surface area contributed by atoms with E-state index in [1.807, 2.05) is 5.32 Å². The zero-order chi connectivity index (χ0) is 19.3. The zero-order valence-corrected chi connectivity index (χ0v) is 13.3. The first-order chi connectivity index (χ1) is 12.3. The van der Waals surface area contributed by atoms with E-state index in [0.717, 1.165) is 19.1 Å². The van der Waals surface area contributed by atoms with Crippen LogP contribution in [0.5, 0.6) is 0 Å². The first-order valence-corrected chi connectivity index (χ1v) is 7.14. The molecular formula is C17H11F3N2O4. The molecule has 1 aromatic carbocycles. The van der Waals surface area contributed by atoms with Gasteiger partial charge in [-0.3, -0.25) is 4.79 Å². The Morgan fingerprint density at radius 2 is 2.00 bits per heavy atom. The summed E-state index contributed by atoms with van der Waals surface area (Å²) in [6.45, 7) is 1.16. The molecule has 0 saturated heterocycles. The first kappa shape index (κ1) is 18.8. The summed E-state index contributed by atoms with van der Waals surface area (Å²) in [5, 5.41) is 11.0.